The molecule has 1 saturated heterocycles. The zero-order chi connectivity index (χ0) is 18.5. The van der Waals surface area contributed by atoms with E-state index in [1.165, 1.54) is 17.7 Å². The Balaban J connectivity index is 1.24. The maximum atomic E-state index is 13.0. The normalized spacial score (nSPS) is 15.9. The quantitative estimate of drug-likeness (QED) is 0.678. The lowest BCUT2D eigenvalue weighted by atomic mass is 10.0. The van der Waals surface area contributed by atoms with Gasteiger partial charge in [0.2, 0.25) is 0 Å². The average molecular weight is 364 g/mol. The van der Waals surface area contributed by atoms with Crippen LogP contribution in [0.1, 0.15) is 24.2 Å². The van der Waals surface area contributed by atoms with Crippen molar-refractivity contribution in [2.24, 2.45) is 0 Å². The Labute approximate surface area is 159 Å². The molecule has 4 rings (SSSR count). The number of nitrogens with one attached hydrogen (secondary N) is 1. The number of halogens is 1. The van der Waals surface area contributed by atoms with E-state index in [2.05, 4.69) is 40.5 Å². The lowest BCUT2D eigenvalue weighted by Crippen LogP contribution is -2.41. The minimum atomic E-state index is -0.231. The van der Waals surface area contributed by atoms with E-state index in [0.717, 1.165) is 56.1 Å². The summed E-state index contributed by atoms with van der Waals surface area (Å²) in [5, 5.41) is 3.62. The maximum Gasteiger partial charge on any atom is 0.134 e. The van der Waals surface area contributed by atoms with Crippen LogP contribution in [0.25, 0.3) is 11.3 Å². The van der Waals surface area contributed by atoms with Gasteiger partial charge in [-0.05, 0) is 67.9 Å². The van der Waals surface area contributed by atoms with Gasteiger partial charge >= 0.3 is 0 Å². The summed E-state index contributed by atoms with van der Waals surface area (Å²) in [6, 6.07) is 21.5. The van der Waals surface area contributed by atoms with Crippen LogP contribution in [-0.2, 0) is 13.1 Å². The largest absolute Gasteiger partial charge is 0.460 e. The van der Waals surface area contributed by atoms with Crippen molar-refractivity contribution in [1.29, 1.82) is 0 Å². The highest BCUT2D eigenvalue weighted by Gasteiger charge is 2.19. The zero-order valence-corrected chi connectivity index (χ0v) is 15.4. The SMILES string of the molecule is Fc1ccc(-c2ccc(CNC3CCN(Cc4ccccc4)CC3)o2)cc1. The number of piperidine rings is 1. The number of hydrogen-bond acceptors (Lipinski definition) is 3. The molecule has 140 valence electrons. The van der Waals surface area contributed by atoms with Crippen molar-refractivity contribution in [3.63, 3.8) is 0 Å². The van der Waals surface area contributed by atoms with Crippen LogP contribution in [0, 0.1) is 5.82 Å². The van der Waals surface area contributed by atoms with Crippen LogP contribution in [0.2, 0.25) is 0 Å². The fourth-order valence-corrected chi connectivity index (χ4v) is 3.62. The van der Waals surface area contributed by atoms with Gasteiger partial charge in [-0.3, -0.25) is 4.90 Å². The monoisotopic (exact) mass is 364 g/mol. The molecule has 0 bridgehead atoms. The molecule has 0 amide bonds. The Morgan fingerprint density at radius 2 is 1.67 bits per heavy atom. The van der Waals surface area contributed by atoms with Gasteiger partial charge in [-0.15, -0.1) is 0 Å². The summed E-state index contributed by atoms with van der Waals surface area (Å²) in [5.41, 5.74) is 2.28. The lowest BCUT2D eigenvalue weighted by molar-refractivity contribution is 0.189. The number of rotatable bonds is 6. The highest BCUT2D eigenvalue weighted by Crippen LogP contribution is 2.23. The topological polar surface area (TPSA) is 28.4 Å². The van der Waals surface area contributed by atoms with Gasteiger partial charge in [0, 0.05) is 18.2 Å². The Morgan fingerprint density at radius 1 is 0.926 bits per heavy atom. The molecule has 1 fully saturated rings. The van der Waals surface area contributed by atoms with Gasteiger partial charge in [0.1, 0.15) is 17.3 Å². The summed E-state index contributed by atoms with van der Waals surface area (Å²) < 4.78 is 18.9. The first-order valence-corrected chi connectivity index (χ1v) is 9.60. The molecule has 2 aromatic carbocycles. The van der Waals surface area contributed by atoms with Crippen molar-refractivity contribution >= 4 is 0 Å². The molecule has 4 heteroatoms. The standard InChI is InChI=1S/C23H25FN2O/c24-20-8-6-19(7-9-20)23-11-10-22(27-23)16-25-21-12-14-26(15-13-21)17-18-4-2-1-3-5-18/h1-11,21,25H,12-17H2. The molecule has 0 spiro atoms. The smallest absolute Gasteiger partial charge is 0.134 e. The molecule has 0 unspecified atom stereocenters. The second-order valence-electron chi connectivity index (χ2n) is 7.19. The van der Waals surface area contributed by atoms with Crippen LogP contribution in [-0.4, -0.2) is 24.0 Å². The second-order valence-corrected chi connectivity index (χ2v) is 7.19. The van der Waals surface area contributed by atoms with Crippen molar-refractivity contribution in [2.45, 2.75) is 32.0 Å². The van der Waals surface area contributed by atoms with Gasteiger partial charge in [-0.2, -0.15) is 0 Å². The molecule has 0 aliphatic carbocycles. The summed E-state index contributed by atoms with van der Waals surface area (Å²) >= 11 is 0. The van der Waals surface area contributed by atoms with Gasteiger partial charge in [0.15, 0.2) is 0 Å². The van der Waals surface area contributed by atoms with Crippen LogP contribution in [0.5, 0.6) is 0 Å². The Morgan fingerprint density at radius 3 is 2.41 bits per heavy atom. The number of furan rings is 1. The van der Waals surface area contributed by atoms with Crippen molar-refractivity contribution < 1.29 is 8.81 Å². The predicted octanol–water partition coefficient (Wildman–Crippen LogP) is 4.84. The van der Waals surface area contributed by atoms with E-state index in [4.69, 9.17) is 4.42 Å². The number of benzene rings is 2. The minimum Gasteiger partial charge on any atom is -0.460 e. The van der Waals surface area contributed by atoms with Gasteiger partial charge in [-0.1, -0.05) is 30.3 Å². The van der Waals surface area contributed by atoms with Crippen molar-refractivity contribution in [3.05, 3.63) is 83.9 Å². The molecule has 1 N–H and O–H groups in total. The van der Waals surface area contributed by atoms with Crippen molar-refractivity contribution in [3.8, 4) is 11.3 Å². The third kappa shape index (κ3) is 4.85. The third-order valence-electron chi connectivity index (χ3n) is 5.19. The van der Waals surface area contributed by atoms with Gasteiger partial charge in [0.05, 0.1) is 6.54 Å². The summed E-state index contributed by atoms with van der Waals surface area (Å²) in [7, 11) is 0. The molecule has 0 saturated carbocycles. The molecule has 0 atom stereocenters. The molecule has 1 aromatic heterocycles. The summed E-state index contributed by atoms with van der Waals surface area (Å²) in [4.78, 5) is 2.52. The first-order chi connectivity index (χ1) is 13.3. The number of hydrogen-bond donors (Lipinski definition) is 1. The maximum absolute atomic E-state index is 13.0. The molecule has 1 aliphatic rings. The minimum absolute atomic E-state index is 0.231. The van der Waals surface area contributed by atoms with Crippen LogP contribution in [0.4, 0.5) is 4.39 Å². The fourth-order valence-electron chi connectivity index (χ4n) is 3.62. The third-order valence-corrected chi connectivity index (χ3v) is 5.19. The summed E-state index contributed by atoms with van der Waals surface area (Å²) in [5.74, 6) is 1.47. The van der Waals surface area contributed by atoms with Gasteiger partial charge in [-0.25, -0.2) is 4.39 Å². The molecule has 27 heavy (non-hydrogen) atoms. The van der Waals surface area contributed by atoms with E-state index in [1.54, 1.807) is 12.1 Å². The predicted molar refractivity (Wildman–Crippen MR) is 106 cm³/mol. The zero-order valence-electron chi connectivity index (χ0n) is 15.4. The first kappa shape index (κ1) is 18.0. The highest BCUT2D eigenvalue weighted by atomic mass is 19.1. The Kier molecular flexibility index (Phi) is 5.66. The van der Waals surface area contributed by atoms with Crippen molar-refractivity contribution in [2.75, 3.05) is 13.1 Å². The molecule has 3 aromatic rings. The fraction of sp³-hybridized carbons (Fsp3) is 0.304. The van der Waals surface area contributed by atoms with E-state index in [9.17, 15) is 4.39 Å². The number of nitrogens with zero attached hydrogens (tertiary/aromatic N) is 1. The molecule has 0 radical (unpaired) electrons. The van der Waals surface area contributed by atoms with Crippen LogP contribution in [0.3, 0.4) is 0 Å². The Bertz CT molecular complexity index is 836. The van der Waals surface area contributed by atoms with Crippen LogP contribution >= 0.6 is 0 Å². The summed E-state index contributed by atoms with van der Waals surface area (Å²) in [6.07, 6.45) is 2.30. The molecule has 1 aliphatic heterocycles. The van der Waals surface area contributed by atoms with Crippen molar-refractivity contribution in [1.82, 2.24) is 10.2 Å². The molecular formula is C23H25FN2O. The lowest BCUT2D eigenvalue weighted by Gasteiger charge is -2.32. The van der Waals surface area contributed by atoms with Gasteiger partial charge < -0.3 is 9.73 Å². The highest BCUT2D eigenvalue weighted by molar-refractivity contribution is 5.57. The average Bonchev–Trinajstić information content (AvgIpc) is 3.18. The van der Waals surface area contributed by atoms with Crippen LogP contribution < -0.4 is 5.32 Å². The molecule has 2 heterocycles. The molecular weight excluding hydrogens is 339 g/mol. The van der Waals surface area contributed by atoms with E-state index in [1.807, 2.05) is 12.1 Å². The molecule has 3 nitrogen and oxygen atoms in total. The second kappa shape index (κ2) is 8.51. The van der Waals surface area contributed by atoms with E-state index in [-0.39, 0.29) is 5.82 Å². The van der Waals surface area contributed by atoms with E-state index >= 15 is 0 Å². The van der Waals surface area contributed by atoms with E-state index < -0.39 is 0 Å². The number of likely N-dealkylation sites (tertiary alicyclic amines) is 1. The van der Waals surface area contributed by atoms with Gasteiger partial charge in [0.25, 0.3) is 0 Å². The van der Waals surface area contributed by atoms with Crippen LogP contribution in [0.15, 0.2) is 71.1 Å². The Hall–Kier alpha value is -2.43. The summed E-state index contributed by atoms with van der Waals surface area (Å²) in [6.45, 7) is 3.99. The first-order valence-electron chi connectivity index (χ1n) is 9.60. The van der Waals surface area contributed by atoms with E-state index in [0.29, 0.717) is 6.04 Å².